The summed E-state index contributed by atoms with van der Waals surface area (Å²) < 4.78 is 37.6. The van der Waals surface area contributed by atoms with Crippen LogP contribution >= 0.6 is 11.6 Å². The number of aryl methyl sites for hydroxylation is 1. The molecule has 3 rings (SSSR count). The summed E-state index contributed by atoms with van der Waals surface area (Å²) in [5.41, 5.74) is 1.29. The molecule has 2 aromatic rings. The van der Waals surface area contributed by atoms with Gasteiger partial charge in [-0.1, -0.05) is 17.7 Å². The Labute approximate surface area is 175 Å². The Morgan fingerprint density at radius 3 is 2.34 bits per heavy atom. The van der Waals surface area contributed by atoms with Gasteiger partial charge in [0.15, 0.2) is 0 Å². The van der Waals surface area contributed by atoms with Gasteiger partial charge in [-0.3, -0.25) is 4.79 Å². The number of sulfonamides is 1. The Morgan fingerprint density at radius 2 is 1.72 bits per heavy atom. The van der Waals surface area contributed by atoms with E-state index in [1.54, 1.807) is 19.1 Å². The highest BCUT2D eigenvalue weighted by molar-refractivity contribution is 7.89. The molecule has 0 aromatic heterocycles. The molecule has 29 heavy (non-hydrogen) atoms. The molecule has 1 amide bonds. The van der Waals surface area contributed by atoms with E-state index in [2.05, 4.69) is 5.32 Å². The maximum Gasteiger partial charge on any atom is 0.256 e. The van der Waals surface area contributed by atoms with Crippen molar-refractivity contribution in [2.24, 2.45) is 0 Å². The van der Waals surface area contributed by atoms with Crippen LogP contribution in [-0.4, -0.2) is 45.9 Å². The second-order valence-electron chi connectivity index (χ2n) is 6.73. The number of benzene rings is 2. The van der Waals surface area contributed by atoms with Crippen LogP contribution in [0.15, 0.2) is 35.2 Å². The number of ether oxygens (including phenoxy) is 2. The van der Waals surface area contributed by atoms with Crippen molar-refractivity contribution < 1.29 is 22.7 Å². The highest BCUT2D eigenvalue weighted by Gasteiger charge is 2.28. The quantitative estimate of drug-likeness (QED) is 0.743. The number of hydrogen-bond donors (Lipinski definition) is 1. The Bertz CT molecular complexity index is 1030. The van der Waals surface area contributed by atoms with E-state index in [4.69, 9.17) is 21.1 Å². The van der Waals surface area contributed by atoms with E-state index >= 15 is 0 Å². The van der Waals surface area contributed by atoms with Gasteiger partial charge in [-0.25, -0.2) is 8.42 Å². The lowest BCUT2D eigenvalue weighted by atomic mass is 10.1. The van der Waals surface area contributed by atoms with E-state index in [1.165, 1.54) is 36.7 Å². The average molecular weight is 439 g/mol. The van der Waals surface area contributed by atoms with Crippen LogP contribution in [0.2, 0.25) is 5.02 Å². The first-order valence-electron chi connectivity index (χ1n) is 9.11. The molecule has 9 heteroatoms. The van der Waals surface area contributed by atoms with Gasteiger partial charge in [-0.05, 0) is 37.5 Å². The molecule has 0 bridgehead atoms. The molecule has 0 unspecified atom stereocenters. The first kappa shape index (κ1) is 21.4. The van der Waals surface area contributed by atoms with Crippen molar-refractivity contribution in [1.29, 1.82) is 0 Å². The third-order valence-corrected chi connectivity index (χ3v) is 7.07. The van der Waals surface area contributed by atoms with Crippen LogP contribution in [0.1, 0.15) is 28.8 Å². The molecular weight excluding hydrogens is 416 g/mol. The van der Waals surface area contributed by atoms with Crippen molar-refractivity contribution in [2.45, 2.75) is 24.7 Å². The van der Waals surface area contributed by atoms with Crippen LogP contribution in [0.3, 0.4) is 0 Å². The minimum absolute atomic E-state index is 0.107. The lowest BCUT2D eigenvalue weighted by Crippen LogP contribution is -2.28. The van der Waals surface area contributed by atoms with E-state index in [-0.39, 0.29) is 10.5 Å². The molecule has 0 spiro atoms. The maximum absolute atomic E-state index is 12.9. The summed E-state index contributed by atoms with van der Waals surface area (Å²) in [7, 11) is -0.693. The predicted molar refractivity (Wildman–Crippen MR) is 112 cm³/mol. The molecule has 2 aromatic carbocycles. The molecule has 156 valence electrons. The second-order valence-corrected chi connectivity index (χ2v) is 9.07. The van der Waals surface area contributed by atoms with Gasteiger partial charge in [0.2, 0.25) is 10.0 Å². The lowest BCUT2D eigenvalue weighted by Gasteiger charge is -2.17. The average Bonchev–Trinajstić information content (AvgIpc) is 3.24. The molecular formula is C20H23ClN2O5S. The number of methoxy groups -OCH3 is 2. The molecule has 1 fully saturated rings. The summed E-state index contributed by atoms with van der Waals surface area (Å²) >= 11 is 6.10. The number of carbonyl (C=O) groups is 1. The number of nitrogens with one attached hydrogen (secondary N) is 1. The molecule has 1 heterocycles. The Hall–Kier alpha value is -2.29. The zero-order chi connectivity index (χ0) is 21.2. The summed E-state index contributed by atoms with van der Waals surface area (Å²) in [5, 5.41) is 3.10. The van der Waals surface area contributed by atoms with E-state index in [0.29, 0.717) is 40.9 Å². The van der Waals surface area contributed by atoms with E-state index in [9.17, 15) is 13.2 Å². The largest absolute Gasteiger partial charge is 0.495 e. The first-order chi connectivity index (χ1) is 13.8. The van der Waals surface area contributed by atoms with E-state index in [1.807, 2.05) is 0 Å². The number of carbonyl (C=O) groups excluding carboxylic acids is 1. The zero-order valence-electron chi connectivity index (χ0n) is 16.5. The fraction of sp³-hybridized carbons (Fsp3) is 0.350. The monoisotopic (exact) mass is 438 g/mol. The van der Waals surface area contributed by atoms with Crippen LogP contribution < -0.4 is 14.8 Å². The fourth-order valence-electron chi connectivity index (χ4n) is 3.23. The normalized spacial score (nSPS) is 14.6. The molecule has 0 aliphatic carbocycles. The zero-order valence-corrected chi connectivity index (χ0v) is 18.1. The number of anilines is 1. The van der Waals surface area contributed by atoms with Gasteiger partial charge in [-0.15, -0.1) is 0 Å². The highest BCUT2D eigenvalue weighted by Crippen LogP contribution is 2.36. The Morgan fingerprint density at radius 1 is 1.07 bits per heavy atom. The molecule has 7 nitrogen and oxygen atoms in total. The molecule has 0 atom stereocenters. The van der Waals surface area contributed by atoms with Gasteiger partial charge in [0.1, 0.15) is 11.5 Å². The Balaban J connectivity index is 1.94. The van der Waals surface area contributed by atoms with Crippen molar-refractivity contribution >= 4 is 33.2 Å². The molecule has 1 N–H and O–H groups in total. The molecule has 0 radical (unpaired) electrons. The first-order valence-corrected chi connectivity index (χ1v) is 10.9. The van der Waals surface area contributed by atoms with Crippen LogP contribution in [0.4, 0.5) is 5.69 Å². The van der Waals surface area contributed by atoms with Crippen LogP contribution in [0.5, 0.6) is 11.5 Å². The van der Waals surface area contributed by atoms with Gasteiger partial charge in [0.05, 0.1) is 29.8 Å². The minimum Gasteiger partial charge on any atom is -0.495 e. The third-order valence-electron chi connectivity index (χ3n) is 4.88. The van der Waals surface area contributed by atoms with Crippen molar-refractivity contribution in [1.82, 2.24) is 4.31 Å². The molecule has 1 aliphatic rings. The highest BCUT2D eigenvalue weighted by atomic mass is 35.5. The van der Waals surface area contributed by atoms with Gasteiger partial charge >= 0.3 is 0 Å². The smallest absolute Gasteiger partial charge is 0.256 e. The minimum atomic E-state index is -3.62. The molecule has 1 aliphatic heterocycles. The number of halogens is 1. The summed E-state index contributed by atoms with van der Waals surface area (Å²) in [4.78, 5) is 13.0. The number of hydrogen-bond acceptors (Lipinski definition) is 5. The summed E-state index contributed by atoms with van der Waals surface area (Å²) in [5.74, 6) is 0.288. The van der Waals surface area contributed by atoms with Gasteiger partial charge in [0.25, 0.3) is 5.91 Å². The van der Waals surface area contributed by atoms with Gasteiger partial charge in [0, 0.05) is 30.8 Å². The van der Waals surface area contributed by atoms with E-state index in [0.717, 1.165) is 12.8 Å². The van der Waals surface area contributed by atoms with Gasteiger partial charge < -0.3 is 14.8 Å². The summed E-state index contributed by atoms with van der Waals surface area (Å²) in [6.45, 7) is 2.75. The van der Waals surface area contributed by atoms with Gasteiger partial charge in [-0.2, -0.15) is 4.31 Å². The van der Waals surface area contributed by atoms with Crippen molar-refractivity contribution in [3.05, 3.63) is 46.5 Å². The van der Waals surface area contributed by atoms with Crippen molar-refractivity contribution in [2.75, 3.05) is 32.6 Å². The lowest BCUT2D eigenvalue weighted by molar-refractivity contribution is 0.102. The standard InChI is InChI=1S/C20H23ClN2O5S/c1-13-6-7-14(29(25,26)23-8-4-5-9-23)10-15(13)20(24)22-17-12-18(27-2)16(21)11-19(17)28-3/h6-7,10-12H,4-5,8-9H2,1-3H3,(H,22,24). The topological polar surface area (TPSA) is 84.9 Å². The third kappa shape index (κ3) is 4.34. The van der Waals surface area contributed by atoms with Crippen LogP contribution in [0.25, 0.3) is 0 Å². The number of amides is 1. The van der Waals surface area contributed by atoms with Crippen molar-refractivity contribution in [3.63, 3.8) is 0 Å². The summed E-state index contributed by atoms with van der Waals surface area (Å²) in [6, 6.07) is 7.68. The fourth-order valence-corrected chi connectivity index (χ4v) is 5.01. The molecule has 1 saturated heterocycles. The second kappa shape index (κ2) is 8.61. The van der Waals surface area contributed by atoms with Crippen LogP contribution in [-0.2, 0) is 10.0 Å². The SMILES string of the molecule is COc1cc(NC(=O)c2cc(S(=O)(=O)N3CCCC3)ccc2C)c(OC)cc1Cl. The summed E-state index contributed by atoms with van der Waals surface area (Å²) in [6.07, 6.45) is 1.69. The number of rotatable bonds is 6. The molecule has 0 saturated carbocycles. The Kier molecular flexibility index (Phi) is 6.36. The maximum atomic E-state index is 12.9. The van der Waals surface area contributed by atoms with Crippen molar-refractivity contribution in [3.8, 4) is 11.5 Å². The van der Waals surface area contributed by atoms with Crippen LogP contribution in [0, 0.1) is 6.92 Å². The van der Waals surface area contributed by atoms with E-state index < -0.39 is 15.9 Å². The number of nitrogens with zero attached hydrogens (tertiary/aromatic N) is 1. The predicted octanol–water partition coefficient (Wildman–Crippen LogP) is 3.70.